The lowest BCUT2D eigenvalue weighted by Crippen LogP contribution is -2.22. The molecule has 1 aromatic carbocycles. The van der Waals surface area contributed by atoms with Crippen molar-refractivity contribution in [3.8, 4) is 5.69 Å². The van der Waals surface area contributed by atoms with E-state index >= 15 is 0 Å². The van der Waals surface area contributed by atoms with E-state index in [-0.39, 0.29) is 11.6 Å². The van der Waals surface area contributed by atoms with Crippen LogP contribution in [-0.4, -0.2) is 45.8 Å². The van der Waals surface area contributed by atoms with E-state index < -0.39 is 5.97 Å². The topological polar surface area (TPSA) is 89.1 Å². The summed E-state index contributed by atoms with van der Waals surface area (Å²) in [5, 5.41) is 18.8. The number of nitrogens with zero attached hydrogens (tertiary/aromatic N) is 4. The predicted molar refractivity (Wildman–Crippen MR) is 99.9 cm³/mol. The Balaban J connectivity index is 2.30. The van der Waals surface area contributed by atoms with Crippen molar-refractivity contribution in [1.82, 2.24) is 9.55 Å². The molecule has 0 spiro atoms. The highest BCUT2D eigenvalue weighted by Crippen LogP contribution is 2.26. The third kappa shape index (κ3) is 3.40. The minimum Gasteiger partial charge on any atom is -0.476 e. The first-order valence-electron chi connectivity index (χ1n) is 8.12. The molecule has 8 heteroatoms. The van der Waals surface area contributed by atoms with E-state index in [0.717, 1.165) is 17.0 Å². The number of carboxylic acids is 1. The molecule has 1 unspecified atom stereocenters. The van der Waals surface area contributed by atoms with Gasteiger partial charge in [-0.2, -0.15) is 10.2 Å². The van der Waals surface area contributed by atoms with E-state index in [1.165, 1.54) is 6.33 Å². The molecule has 2 heterocycles. The van der Waals surface area contributed by atoms with Gasteiger partial charge >= 0.3 is 5.97 Å². The Kier molecular flexibility index (Phi) is 5.20. The number of methoxy groups -OCH3 is 1. The van der Waals surface area contributed by atoms with Crippen molar-refractivity contribution in [3.05, 3.63) is 46.5 Å². The van der Waals surface area contributed by atoms with Crippen molar-refractivity contribution in [3.63, 3.8) is 0 Å². The number of halogens is 1. The van der Waals surface area contributed by atoms with Crippen molar-refractivity contribution in [2.75, 3.05) is 13.7 Å². The van der Waals surface area contributed by atoms with Gasteiger partial charge in [-0.15, -0.1) is 0 Å². The molecule has 26 heavy (non-hydrogen) atoms. The molecule has 2 aromatic rings. The molecule has 1 aliphatic rings. The standard InChI is InChI=1S/C18H19ClN4O3/c1-10-6-16-17(18(24)25)20-9-23(16)15-5-4-12(19)7-13(15)11(2)21-22-14(10)8-26-3/h4-5,7,9-10H,6,8H2,1-3H3,(H,24,25)/b21-11+,22-14-. The molecular formula is C18H19ClN4O3. The summed E-state index contributed by atoms with van der Waals surface area (Å²) >= 11 is 6.16. The van der Waals surface area contributed by atoms with Crippen LogP contribution in [-0.2, 0) is 11.2 Å². The van der Waals surface area contributed by atoms with Gasteiger partial charge in [0.1, 0.15) is 6.33 Å². The van der Waals surface area contributed by atoms with Crippen LogP contribution in [0.25, 0.3) is 5.69 Å². The lowest BCUT2D eigenvalue weighted by atomic mass is 9.98. The maximum atomic E-state index is 11.7. The fourth-order valence-electron chi connectivity index (χ4n) is 2.98. The number of hydrogen-bond donors (Lipinski definition) is 1. The number of ether oxygens (including phenoxy) is 1. The highest BCUT2D eigenvalue weighted by molar-refractivity contribution is 6.31. The number of rotatable bonds is 3. The summed E-state index contributed by atoms with van der Waals surface area (Å²) < 4.78 is 7.02. The Morgan fingerprint density at radius 3 is 2.88 bits per heavy atom. The number of aromatic nitrogens is 2. The van der Waals surface area contributed by atoms with Gasteiger partial charge in [-0.3, -0.25) is 0 Å². The van der Waals surface area contributed by atoms with E-state index in [4.69, 9.17) is 16.3 Å². The van der Waals surface area contributed by atoms with Crippen LogP contribution in [0.5, 0.6) is 0 Å². The second-order valence-corrected chi connectivity index (χ2v) is 6.63. The summed E-state index contributed by atoms with van der Waals surface area (Å²) in [7, 11) is 1.59. The molecule has 0 fully saturated rings. The summed E-state index contributed by atoms with van der Waals surface area (Å²) in [6.45, 7) is 4.12. The summed E-state index contributed by atoms with van der Waals surface area (Å²) in [5.74, 6) is -1.12. The summed E-state index contributed by atoms with van der Waals surface area (Å²) in [4.78, 5) is 15.8. The minimum absolute atomic E-state index is 0.0321. The van der Waals surface area contributed by atoms with Crippen molar-refractivity contribution in [2.24, 2.45) is 16.1 Å². The number of aromatic carboxylic acids is 1. The quantitative estimate of drug-likeness (QED) is 0.893. The Labute approximate surface area is 156 Å². The fraction of sp³-hybridized carbons (Fsp3) is 0.333. The smallest absolute Gasteiger partial charge is 0.356 e. The molecular weight excluding hydrogens is 356 g/mol. The number of carbonyl (C=O) groups is 1. The molecule has 7 nitrogen and oxygen atoms in total. The zero-order valence-corrected chi connectivity index (χ0v) is 15.5. The average molecular weight is 375 g/mol. The van der Waals surface area contributed by atoms with Gasteiger partial charge in [-0.25, -0.2) is 9.78 Å². The zero-order chi connectivity index (χ0) is 18.8. The summed E-state index contributed by atoms with van der Waals surface area (Å²) in [5.41, 5.74) is 3.58. The SMILES string of the molecule is COC/C1=N/N=C(\C)c2cc(Cl)ccc2-n2cnc(C(=O)O)c2CC1C. The lowest BCUT2D eigenvalue weighted by molar-refractivity contribution is 0.0689. The van der Waals surface area contributed by atoms with Crippen LogP contribution in [0.15, 0.2) is 34.7 Å². The second kappa shape index (κ2) is 7.39. The molecule has 0 saturated carbocycles. The lowest BCUT2D eigenvalue weighted by Gasteiger charge is -2.19. The number of hydrogen-bond acceptors (Lipinski definition) is 5. The van der Waals surface area contributed by atoms with Crippen LogP contribution < -0.4 is 0 Å². The van der Waals surface area contributed by atoms with Crippen LogP contribution in [0.3, 0.4) is 0 Å². The summed E-state index contributed by atoms with van der Waals surface area (Å²) in [6.07, 6.45) is 1.97. The maximum absolute atomic E-state index is 11.7. The van der Waals surface area contributed by atoms with Gasteiger partial charge in [-0.1, -0.05) is 18.5 Å². The van der Waals surface area contributed by atoms with Crippen molar-refractivity contribution >= 4 is 29.0 Å². The molecule has 0 amide bonds. The van der Waals surface area contributed by atoms with Crippen LogP contribution in [0, 0.1) is 5.92 Å². The van der Waals surface area contributed by atoms with E-state index in [0.29, 0.717) is 29.5 Å². The Bertz CT molecular complexity index is 917. The first-order valence-corrected chi connectivity index (χ1v) is 8.50. The fourth-order valence-corrected chi connectivity index (χ4v) is 3.15. The van der Waals surface area contributed by atoms with Gasteiger partial charge < -0.3 is 14.4 Å². The van der Waals surface area contributed by atoms with Crippen LogP contribution in [0.4, 0.5) is 0 Å². The first kappa shape index (κ1) is 18.3. The van der Waals surface area contributed by atoms with Gasteiger partial charge in [0.25, 0.3) is 0 Å². The van der Waals surface area contributed by atoms with Crippen molar-refractivity contribution < 1.29 is 14.6 Å². The molecule has 136 valence electrons. The van der Waals surface area contributed by atoms with Gasteiger partial charge in [0.2, 0.25) is 0 Å². The highest BCUT2D eigenvalue weighted by atomic mass is 35.5. The first-order chi connectivity index (χ1) is 12.4. The number of carboxylic acid groups (broad SMARTS) is 1. The molecule has 3 rings (SSSR count). The largest absolute Gasteiger partial charge is 0.476 e. The van der Waals surface area contributed by atoms with E-state index in [2.05, 4.69) is 15.2 Å². The molecule has 0 aliphatic carbocycles. The number of fused-ring (bicyclic) bond motifs is 3. The van der Waals surface area contributed by atoms with Gasteiger partial charge in [0.15, 0.2) is 5.69 Å². The van der Waals surface area contributed by atoms with Crippen LogP contribution in [0.2, 0.25) is 5.02 Å². The Hall–Kier alpha value is -2.51. The molecule has 0 radical (unpaired) electrons. The Morgan fingerprint density at radius 1 is 1.42 bits per heavy atom. The van der Waals surface area contributed by atoms with Gasteiger partial charge in [0, 0.05) is 23.6 Å². The van der Waals surface area contributed by atoms with E-state index in [1.54, 1.807) is 23.8 Å². The molecule has 1 aromatic heterocycles. The van der Waals surface area contributed by atoms with Crippen LogP contribution >= 0.6 is 11.6 Å². The average Bonchev–Trinajstić information content (AvgIpc) is 3.01. The zero-order valence-electron chi connectivity index (χ0n) is 14.7. The van der Waals surface area contributed by atoms with Gasteiger partial charge in [-0.05, 0) is 31.5 Å². The normalized spacial score (nSPS) is 21.0. The molecule has 0 saturated heterocycles. The monoisotopic (exact) mass is 374 g/mol. The number of benzene rings is 1. The Morgan fingerprint density at radius 2 is 2.19 bits per heavy atom. The summed E-state index contributed by atoms with van der Waals surface area (Å²) in [6, 6.07) is 5.38. The molecule has 1 N–H and O–H groups in total. The van der Waals surface area contributed by atoms with Crippen molar-refractivity contribution in [2.45, 2.75) is 20.3 Å². The number of imidazole rings is 1. The van der Waals surface area contributed by atoms with E-state index in [1.807, 2.05) is 19.9 Å². The molecule has 0 bridgehead atoms. The third-order valence-electron chi connectivity index (χ3n) is 4.37. The van der Waals surface area contributed by atoms with Gasteiger partial charge in [0.05, 0.1) is 29.4 Å². The molecule has 1 aliphatic heterocycles. The van der Waals surface area contributed by atoms with Crippen molar-refractivity contribution in [1.29, 1.82) is 0 Å². The third-order valence-corrected chi connectivity index (χ3v) is 4.60. The molecule has 1 atom stereocenters. The second-order valence-electron chi connectivity index (χ2n) is 6.19. The minimum atomic E-state index is -1.06. The van der Waals surface area contributed by atoms with E-state index in [9.17, 15) is 9.90 Å². The highest BCUT2D eigenvalue weighted by Gasteiger charge is 2.24. The maximum Gasteiger partial charge on any atom is 0.356 e. The predicted octanol–water partition coefficient (Wildman–Crippen LogP) is 3.23. The van der Waals surface area contributed by atoms with Crippen LogP contribution in [0.1, 0.15) is 35.6 Å².